The van der Waals surface area contributed by atoms with Crippen LogP contribution >= 0.6 is 0 Å². The van der Waals surface area contributed by atoms with Crippen molar-refractivity contribution in [2.75, 3.05) is 6.61 Å². The molecule has 2 atom stereocenters. The number of carbonyl (C=O) groups excluding carboxylic acids is 1. The van der Waals surface area contributed by atoms with Gasteiger partial charge in [-0.2, -0.15) is 0 Å². The summed E-state index contributed by atoms with van der Waals surface area (Å²) >= 11 is 0. The summed E-state index contributed by atoms with van der Waals surface area (Å²) in [5.74, 6) is 0.535. The normalized spacial score (nSPS) is 18.6. The molecule has 2 aromatic carbocycles. The summed E-state index contributed by atoms with van der Waals surface area (Å²) < 4.78 is 10.9. The van der Waals surface area contributed by atoms with Crippen LogP contribution in [-0.4, -0.2) is 27.4 Å². The molecule has 168 valence electrons. The van der Waals surface area contributed by atoms with Crippen LogP contribution in [0.4, 0.5) is 0 Å². The number of ether oxygens (including phenoxy) is 1. The molecule has 0 radical (unpaired) electrons. The first kappa shape index (κ1) is 21.2. The third-order valence-corrected chi connectivity index (χ3v) is 6.27. The maximum Gasteiger partial charge on any atom is 0.330 e. The monoisotopic (exact) mass is 441 g/mol. The van der Waals surface area contributed by atoms with Gasteiger partial charge in [0.15, 0.2) is 6.39 Å². The molecule has 0 fully saturated rings. The van der Waals surface area contributed by atoms with Gasteiger partial charge < -0.3 is 14.1 Å². The van der Waals surface area contributed by atoms with Crippen molar-refractivity contribution in [3.63, 3.8) is 0 Å². The molecule has 33 heavy (non-hydrogen) atoms. The maximum atomic E-state index is 11.9. The van der Waals surface area contributed by atoms with E-state index < -0.39 is 0 Å². The topological polar surface area (TPSA) is 71.4 Å². The van der Waals surface area contributed by atoms with Crippen molar-refractivity contribution in [1.82, 2.24) is 14.9 Å². The smallest absolute Gasteiger partial charge is 0.330 e. The number of esters is 1. The Bertz CT molecular complexity index is 1240. The zero-order valence-corrected chi connectivity index (χ0v) is 18.6. The highest BCUT2D eigenvalue weighted by Crippen LogP contribution is 2.45. The lowest BCUT2D eigenvalue weighted by Crippen LogP contribution is -2.37. The van der Waals surface area contributed by atoms with Crippen molar-refractivity contribution in [3.05, 3.63) is 102 Å². The fourth-order valence-electron chi connectivity index (χ4n) is 4.82. The Morgan fingerprint density at radius 2 is 2.03 bits per heavy atom. The highest BCUT2D eigenvalue weighted by molar-refractivity contribution is 5.85. The number of carbonyl (C=O) groups is 1. The lowest BCUT2D eigenvalue weighted by molar-refractivity contribution is -0.137. The molecule has 1 N–H and O–H groups in total. The van der Waals surface area contributed by atoms with Gasteiger partial charge in [0.25, 0.3) is 0 Å². The number of rotatable bonds is 7. The first-order valence-electron chi connectivity index (χ1n) is 11.4. The fourth-order valence-corrected chi connectivity index (χ4v) is 4.82. The van der Waals surface area contributed by atoms with E-state index in [1.807, 2.05) is 25.3 Å². The number of nitrogens with one attached hydrogen (secondary N) is 1. The second kappa shape index (κ2) is 9.46. The molecule has 0 saturated heterocycles. The maximum absolute atomic E-state index is 11.9. The molecule has 3 heterocycles. The first-order valence-corrected chi connectivity index (χ1v) is 11.4. The number of para-hydroxylation sites is 1. The van der Waals surface area contributed by atoms with E-state index in [2.05, 4.69) is 63.4 Å². The minimum absolute atomic E-state index is 0.0282. The number of benzene rings is 2. The molecule has 6 heteroatoms. The van der Waals surface area contributed by atoms with E-state index >= 15 is 0 Å². The number of nitrogens with zero attached hydrogens (tertiary/aromatic N) is 2. The van der Waals surface area contributed by atoms with Crippen LogP contribution in [0.3, 0.4) is 0 Å². The Kier molecular flexibility index (Phi) is 6.09. The van der Waals surface area contributed by atoms with Crippen molar-refractivity contribution in [3.8, 4) is 0 Å². The van der Waals surface area contributed by atoms with Crippen molar-refractivity contribution in [1.29, 1.82) is 0 Å². The Balaban J connectivity index is 1.59. The van der Waals surface area contributed by atoms with E-state index in [9.17, 15) is 4.79 Å². The standard InChI is InChI=1S/C27H27N3O3/c1-2-32-26(31)14-8-13-23-27-21(20-11-6-7-12-22(20)29-27)15-24(25-16-28-18-33-25)30(23)17-19-9-4-3-5-10-19/h3-12,14,16,18,23-24,29H,2,13,15,17H2,1H3/b14-8+/t23-,24-/m0/s1. The van der Waals surface area contributed by atoms with Crippen LogP contribution in [-0.2, 0) is 22.5 Å². The second-order valence-electron chi connectivity index (χ2n) is 8.25. The van der Waals surface area contributed by atoms with Crippen LogP contribution in [0, 0.1) is 0 Å². The van der Waals surface area contributed by atoms with Crippen molar-refractivity contribution in [2.24, 2.45) is 0 Å². The number of hydrogen-bond acceptors (Lipinski definition) is 5. The fraction of sp³-hybridized carbons (Fsp3) is 0.259. The zero-order valence-electron chi connectivity index (χ0n) is 18.6. The molecule has 4 aromatic rings. The average molecular weight is 442 g/mol. The highest BCUT2D eigenvalue weighted by atomic mass is 16.5. The zero-order chi connectivity index (χ0) is 22.6. The van der Waals surface area contributed by atoms with Gasteiger partial charge >= 0.3 is 5.97 Å². The van der Waals surface area contributed by atoms with Crippen LogP contribution in [0.25, 0.3) is 10.9 Å². The molecule has 0 amide bonds. The molecule has 0 unspecified atom stereocenters. The number of H-pyrrole nitrogens is 1. The van der Waals surface area contributed by atoms with Gasteiger partial charge in [-0.15, -0.1) is 0 Å². The quantitative estimate of drug-likeness (QED) is 0.303. The molecule has 6 nitrogen and oxygen atoms in total. The van der Waals surface area contributed by atoms with Gasteiger partial charge in [0.05, 0.1) is 24.9 Å². The van der Waals surface area contributed by atoms with Gasteiger partial charge in [-0.3, -0.25) is 4.90 Å². The average Bonchev–Trinajstić information content (AvgIpc) is 3.49. The van der Waals surface area contributed by atoms with Gasteiger partial charge in [0.1, 0.15) is 5.76 Å². The Morgan fingerprint density at radius 3 is 2.82 bits per heavy atom. The predicted octanol–water partition coefficient (Wildman–Crippen LogP) is 5.51. The number of hydrogen-bond donors (Lipinski definition) is 1. The summed E-state index contributed by atoms with van der Waals surface area (Å²) in [6.45, 7) is 2.93. The van der Waals surface area contributed by atoms with Crippen molar-refractivity contribution in [2.45, 2.75) is 38.4 Å². The van der Waals surface area contributed by atoms with E-state index in [0.717, 1.165) is 24.2 Å². The Labute approximate surface area is 192 Å². The summed E-state index contributed by atoms with van der Waals surface area (Å²) in [5.41, 5.74) is 4.84. The van der Waals surface area contributed by atoms with Crippen LogP contribution in [0.1, 0.15) is 48.0 Å². The van der Waals surface area contributed by atoms with Crippen LogP contribution < -0.4 is 0 Å². The molecule has 0 aliphatic carbocycles. The van der Waals surface area contributed by atoms with Gasteiger partial charge in [-0.1, -0.05) is 54.6 Å². The third-order valence-electron chi connectivity index (χ3n) is 6.27. The first-order chi connectivity index (χ1) is 16.2. The molecule has 1 aliphatic rings. The van der Waals surface area contributed by atoms with E-state index in [4.69, 9.17) is 9.15 Å². The minimum Gasteiger partial charge on any atom is -0.463 e. The van der Waals surface area contributed by atoms with Crippen LogP contribution in [0.5, 0.6) is 0 Å². The molecular weight excluding hydrogens is 414 g/mol. The summed E-state index contributed by atoms with van der Waals surface area (Å²) in [7, 11) is 0. The van der Waals surface area contributed by atoms with E-state index in [0.29, 0.717) is 13.0 Å². The van der Waals surface area contributed by atoms with Crippen molar-refractivity contribution >= 4 is 16.9 Å². The van der Waals surface area contributed by atoms with Crippen LogP contribution in [0.15, 0.2) is 83.8 Å². The Hall–Kier alpha value is -3.64. The number of aromatic amines is 1. The Morgan fingerprint density at radius 1 is 1.21 bits per heavy atom. The lowest BCUT2D eigenvalue weighted by atomic mass is 9.88. The number of aromatic nitrogens is 2. The molecule has 1 aliphatic heterocycles. The predicted molar refractivity (Wildman–Crippen MR) is 126 cm³/mol. The highest BCUT2D eigenvalue weighted by Gasteiger charge is 2.38. The lowest BCUT2D eigenvalue weighted by Gasteiger charge is -2.41. The molecule has 5 rings (SSSR count). The summed E-state index contributed by atoms with van der Waals surface area (Å²) in [6.07, 6.45) is 8.24. The molecule has 2 aromatic heterocycles. The summed E-state index contributed by atoms with van der Waals surface area (Å²) in [6, 6.07) is 18.9. The minimum atomic E-state index is -0.313. The summed E-state index contributed by atoms with van der Waals surface area (Å²) in [5, 5.41) is 1.23. The largest absolute Gasteiger partial charge is 0.463 e. The van der Waals surface area contributed by atoms with Crippen molar-refractivity contribution < 1.29 is 13.9 Å². The van der Waals surface area contributed by atoms with Crippen LogP contribution in [0.2, 0.25) is 0 Å². The van der Waals surface area contributed by atoms with Gasteiger partial charge in [-0.05, 0) is 37.0 Å². The molecule has 0 saturated carbocycles. The summed E-state index contributed by atoms with van der Waals surface area (Å²) in [4.78, 5) is 22.3. The third kappa shape index (κ3) is 4.34. The molecule has 0 spiro atoms. The molecule has 0 bridgehead atoms. The van der Waals surface area contributed by atoms with E-state index in [-0.39, 0.29) is 18.1 Å². The second-order valence-corrected chi connectivity index (χ2v) is 8.25. The van der Waals surface area contributed by atoms with E-state index in [1.54, 1.807) is 0 Å². The molecular formula is C27H27N3O3. The number of fused-ring (bicyclic) bond motifs is 3. The van der Waals surface area contributed by atoms with Gasteiger partial charge in [-0.25, -0.2) is 9.78 Å². The van der Waals surface area contributed by atoms with Gasteiger partial charge in [0, 0.05) is 29.2 Å². The van der Waals surface area contributed by atoms with E-state index in [1.165, 1.54) is 34.7 Å². The SMILES string of the molecule is CCOC(=O)/C=C/C[C@H]1c2[nH]c3ccccc3c2C[C@@H](c2cnco2)N1Cc1ccccc1. The van der Waals surface area contributed by atoms with Gasteiger partial charge in [0.2, 0.25) is 0 Å². The number of oxazole rings is 1.